The average Bonchev–Trinajstić information content (AvgIpc) is 3.00. The van der Waals surface area contributed by atoms with Crippen molar-refractivity contribution in [3.05, 3.63) is 61.3 Å². The SMILES string of the molecule is CC(Nc1cc(C#N)c2cc([N+](=O)[O-])ccc2n1)c1ccc(Cl)s1. The van der Waals surface area contributed by atoms with Gasteiger partial charge in [-0.1, -0.05) is 11.6 Å². The number of hydrogen-bond acceptors (Lipinski definition) is 6. The van der Waals surface area contributed by atoms with Crippen LogP contribution in [0.2, 0.25) is 4.34 Å². The van der Waals surface area contributed by atoms with E-state index < -0.39 is 4.92 Å². The summed E-state index contributed by atoms with van der Waals surface area (Å²) in [7, 11) is 0. The Hall–Kier alpha value is -2.69. The molecule has 0 saturated carbocycles. The Bertz CT molecular complexity index is 980. The van der Waals surface area contributed by atoms with Crippen LogP contribution in [-0.2, 0) is 0 Å². The third-order valence-electron chi connectivity index (χ3n) is 3.51. The molecule has 24 heavy (non-hydrogen) atoms. The number of anilines is 1. The topological polar surface area (TPSA) is 91.8 Å². The molecule has 0 radical (unpaired) electrons. The van der Waals surface area contributed by atoms with E-state index in [1.807, 2.05) is 19.1 Å². The minimum atomic E-state index is -0.491. The molecular weight excluding hydrogens is 348 g/mol. The summed E-state index contributed by atoms with van der Waals surface area (Å²) in [5.74, 6) is 0.532. The number of nitro groups is 1. The maximum absolute atomic E-state index is 10.9. The molecule has 8 heteroatoms. The zero-order valence-corrected chi connectivity index (χ0v) is 14.1. The van der Waals surface area contributed by atoms with Gasteiger partial charge in [-0.25, -0.2) is 4.98 Å². The van der Waals surface area contributed by atoms with Gasteiger partial charge in [0, 0.05) is 22.4 Å². The van der Waals surface area contributed by atoms with Crippen LogP contribution in [0, 0.1) is 21.4 Å². The van der Waals surface area contributed by atoms with Crippen molar-refractivity contribution in [3.63, 3.8) is 0 Å². The zero-order valence-electron chi connectivity index (χ0n) is 12.5. The first kappa shape index (κ1) is 16.2. The van der Waals surface area contributed by atoms with Gasteiger partial charge in [0.1, 0.15) is 5.82 Å². The van der Waals surface area contributed by atoms with Crippen molar-refractivity contribution in [2.75, 3.05) is 5.32 Å². The van der Waals surface area contributed by atoms with Crippen molar-refractivity contribution in [3.8, 4) is 6.07 Å². The molecule has 1 unspecified atom stereocenters. The van der Waals surface area contributed by atoms with Crippen molar-refractivity contribution in [2.45, 2.75) is 13.0 Å². The normalized spacial score (nSPS) is 11.9. The number of thiophene rings is 1. The Morgan fingerprint density at radius 1 is 1.38 bits per heavy atom. The number of benzene rings is 1. The van der Waals surface area contributed by atoms with Crippen LogP contribution in [0.3, 0.4) is 0 Å². The van der Waals surface area contributed by atoms with Gasteiger partial charge in [-0.15, -0.1) is 11.3 Å². The van der Waals surface area contributed by atoms with E-state index in [0.717, 1.165) is 4.88 Å². The van der Waals surface area contributed by atoms with E-state index >= 15 is 0 Å². The molecule has 0 aliphatic rings. The van der Waals surface area contributed by atoms with E-state index in [1.165, 1.54) is 23.5 Å². The van der Waals surface area contributed by atoms with E-state index in [-0.39, 0.29) is 11.7 Å². The second kappa shape index (κ2) is 6.43. The number of nitriles is 1. The molecule has 120 valence electrons. The van der Waals surface area contributed by atoms with Gasteiger partial charge in [0.15, 0.2) is 0 Å². The van der Waals surface area contributed by atoms with Gasteiger partial charge in [0.2, 0.25) is 0 Å². The maximum Gasteiger partial charge on any atom is 0.270 e. The smallest absolute Gasteiger partial charge is 0.270 e. The first-order chi connectivity index (χ1) is 11.5. The second-order valence-electron chi connectivity index (χ2n) is 5.13. The molecule has 2 aromatic heterocycles. The van der Waals surface area contributed by atoms with Crippen LogP contribution >= 0.6 is 22.9 Å². The Labute approximate surface area is 146 Å². The van der Waals surface area contributed by atoms with Gasteiger partial charge >= 0.3 is 0 Å². The van der Waals surface area contributed by atoms with Gasteiger partial charge in [-0.3, -0.25) is 10.1 Å². The standard InChI is InChI=1S/C16H11ClN4O2S/c1-9(14-4-5-15(17)24-14)19-16-6-10(8-18)12-7-11(21(22)23)2-3-13(12)20-16/h2-7,9H,1H3,(H,19,20). The second-order valence-corrected chi connectivity index (χ2v) is 6.88. The van der Waals surface area contributed by atoms with E-state index in [9.17, 15) is 15.4 Å². The predicted molar refractivity (Wildman–Crippen MR) is 94.5 cm³/mol. The Morgan fingerprint density at radius 3 is 2.79 bits per heavy atom. The summed E-state index contributed by atoms with van der Waals surface area (Å²) in [4.78, 5) is 15.9. The first-order valence-corrected chi connectivity index (χ1v) is 8.18. The largest absolute Gasteiger partial charge is 0.363 e. The van der Waals surface area contributed by atoms with Crippen molar-refractivity contribution in [1.82, 2.24) is 4.98 Å². The number of nitrogens with zero attached hydrogens (tertiary/aromatic N) is 3. The molecular formula is C16H11ClN4O2S. The molecule has 0 fully saturated rings. The van der Waals surface area contributed by atoms with Crippen LogP contribution in [0.5, 0.6) is 0 Å². The fraction of sp³-hybridized carbons (Fsp3) is 0.125. The monoisotopic (exact) mass is 358 g/mol. The number of pyridine rings is 1. The van der Waals surface area contributed by atoms with Gasteiger partial charge in [0.05, 0.1) is 32.5 Å². The lowest BCUT2D eigenvalue weighted by Crippen LogP contribution is -2.07. The number of rotatable bonds is 4. The summed E-state index contributed by atoms with van der Waals surface area (Å²) in [6.45, 7) is 1.97. The number of fused-ring (bicyclic) bond motifs is 1. The molecule has 0 spiro atoms. The van der Waals surface area contributed by atoms with Crippen LogP contribution in [0.1, 0.15) is 23.4 Å². The minimum absolute atomic E-state index is 0.0305. The Balaban J connectivity index is 1.99. The molecule has 0 amide bonds. The summed E-state index contributed by atoms with van der Waals surface area (Å²) in [6, 6.07) is 11.7. The molecule has 1 atom stereocenters. The van der Waals surface area contributed by atoms with Crippen molar-refractivity contribution < 1.29 is 4.92 Å². The summed E-state index contributed by atoms with van der Waals surface area (Å²) >= 11 is 7.42. The Kier molecular flexibility index (Phi) is 4.34. The number of nitro benzene ring substituents is 1. The third-order valence-corrected chi connectivity index (χ3v) is 4.92. The third kappa shape index (κ3) is 3.15. The molecule has 0 bridgehead atoms. The fourth-order valence-electron chi connectivity index (χ4n) is 2.35. The van der Waals surface area contributed by atoms with Gasteiger partial charge in [-0.2, -0.15) is 5.26 Å². The lowest BCUT2D eigenvalue weighted by Gasteiger charge is -2.14. The molecule has 3 aromatic rings. The quantitative estimate of drug-likeness (QED) is 0.528. The summed E-state index contributed by atoms with van der Waals surface area (Å²) in [5, 5.41) is 23.9. The van der Waals surface area contributed by atoms with Crippen molar-refractivity contribution >= 4 is 45.3 Å². The minimum Gasteiger partial charge on any atom is -0.363 e. The van der Waals surface area contributed by atoms with Crippen LogP contribution in [0.4, 0.5) is 11.5 Å². The maximum atomic E-state index is 10.9. The van der Waals surface area contributed by atoms with E-state index in [1.54, 1.807) is 12.1 Å². The molecule has 0 aliphatic heterocycles. The molecule has 3 rings (SSSR count). The molecule has 1 N–H and O–H groups in total. The first-order valence-electron chi connectivity index (χ1n) is 6.99. The van der Waals surface area contributed by atoms with Crippen molar-refractivity contribution in [2.24, 2.45) is 0 Å². The van der Waals surface area contributed by atoms with E-state index in [4.69, 9.17) is 11.6 Å². The predicted octanol–water partition coefficient (Wildman–Crippen LogP) is 4.90. The zero-order chi connectivity index (χ0) is 17.3. The Morgan fingerprint density at radius 2 is 2.17 bits per heavy atom. The molecule has 6 nitrogen and oxygen atoms in total. The number of nitrogens with one attached hydrogen (secondary N) is 1. The molecule has 2 heterocycles. The molecule has 0 saturated heterocycles. The highest BCUT2D eigenvalue weighted by Gasteiger charge is 2.14. The van der Waals surface area contributed by atoms with Crippen LogP contribution in [0.15, 0.2) is 36.4 Å². The highest BCUT2D eigenvalue weighted by atomic mass is 35.5. The summed E-state index contributed by atoms with van der Waals surface area (Å²) < 4.78 is 0.704. The van der Waals surface area contributed by atoms with Crippen molar-refractivity contribution in [1.29, 1.82) is 5.26 Å². The lowest BCUT2D eigenvalue weighted by molar-refractivity contribution is -0.384. The van der Waals surface area contributed by atoms with E-state index in [2.05, 4.69) is 16.4 Å². The molecule has 1 aromatic carbocycles. The lowest BCUT2D eigenvalue weighted by atomic mass is 10.1. The number of hydrogen-bond donors (Lipinski definition) is 1. The number of non-ortho nitro benzene ring substituents is 1. The van der Waals surface area contributed by atoms with Crippen LogP contribution in [0.25, 0.3) is 10.9 Å². The number of aromatic nitrogens is 1. The summed E-state index contributed by atoms with van der Waals surface area (Å²) in [5.41, 5.74) is 0.796. The van der Waals surface area contributed by atoms with Gasteiger partial charge in [0.25, 0.3) is 5.69 Å². The average molecular weight is 359 g/mol. The summed E-state index contributed by atoms with van der Waals surface area (Å²) in [6.07, 6.45) is 0. The van der Waals surface area contributed by atoms with E-state index in [0.29, 0.717) is 26.6 Å². The van der Waals surface area contributed by atoms with Gasteiger partial charge < -0.3 is 5.32 Å². The van der Waals surface area contributed by atoms with Gasteiger partial charge in [-0.05, 0) is 31.2 Å². The number of halogens is 1. The van der Waals surface area contributed by atoms with Crippen LogP contribution in [-0.4, -0.2) is 9.91 Å². The highest BCUT2D eigenvalue weighted by Crippen LogP contribution is 2.30. The fourth-order valence-corrected chi connectivity index (χ4v) is 3.41. The molecule has 0 aliphatic carbocycles. The van der Waals surface area contributed by atoms with Crippen LogP contribution < -0.4 is 5.32 Å². The highest BCUT2D eigenvalue weighted by molar-refractivity contribution is 7.16.